The summed E-state index contributed by atoms with van der Waals surface area (Å²) in [6.45, 7) is 2.08. The van der Waals surface area contributed by atoms with Crippen LogP contribution in [0, 0.1) is 11.3 Å². The van der Waals surface area contributed by atoms with Crippen LogP contribution in [-0.4, -0.2) is 17.8 Å². The van der Waals surface area contributed by atoms with Gasteiger partial charge in [0, 0.05) is 6.04 Å². The number of rotatable bonds is 6. The third-order valence-electron chi connectivity index (χ3n) is 2.65. The molecule has 0 fully saturated rings. The van der Waals surface area contributed by atoms with Gasteiger partial charge < -0.3 is 10.4 Å². The molecule has 0 saturated carbocycles. The molecule has 0 spiro atoms. The largest absolute Gasteiger partial charge is 0.394 e. The summed E-state index contributed by atoms with van der Waals surface area (Å²) in [5, 5.41) is 21.3. The number of nitriles is 1. The zero-order valence-corrected chi connectivity index (χ0v) is 9.56. The van der Waals surface area contributed by atoms with Gasteiger partial charge in [0.2, 0.25) is 0 Å². The Morgan fingerprint density at radius 1 is 1.38 bits per heavy atom. The van der Waals surface area contributed by atoms with Crippen molar-refractivity contribution < 1.29 is 5.11 Å². The molecule has 0 amide bonds. The van der Waals surface area contributed by atoms with Crippen molar-refractivity contribution in [3.63, 3.8) is 0 Å². The molecule has 3 heteroatoms. The highest BCUT2D eigenvalue weighted by molar-refractivity contribution is 5.19. The first-order valence-corrected chi connectivity index (χ1v) is 5.60. The average molecular weight is 218 g/mol. The first-order chi connectivity index (χ1) is 7.81. The molecular weight excluding hydrogens is 200 g/mol. The minimum absolute atomic E-state index is 0.0476. The molecule has 2 unspecified atom stereocenters. The second-order valence-electron chi connectivity index (χ2n) is 3.78. The molecule has 0 heterocycles. The van der Waals surface area contributed by atoms with Crippen LogP contribution in [0.4, 0.5) is 0 Å². The lowest BCUT2D eigenvalue weighted by atomic mass is 10.0. The SMILES string of the molecule is CCC(CC#N)NC(CO)c1ccccc1. The Bertz CT molecular complexity index is 332. The van der Waals surface area contributed by atoms with E-state index in [0.29, 0.717) is 6.42 Å². The highest BCUT2D eigenvalue weighted by Gasteiger charge is 2.14. The Labute approximate surface area is 96.7 Å². The average Bonchev–Trinajstić information content (AvgIpc) is 2.35. The Morgan fingerprint density at radius 3 is 2.56 bits per heavy atom. The van der Waals surface area contributed by atoms with Crippen LogP contribution in [0.2, 0.25) is 0 Å². The molecule has 1 rings (SSSR count). The summed E-state index contributed by atoms with van der Waals surface area (Å²) in [5.41, 5.74) is 1.06. The van der Waals surface area contributed by atoms with E-state index in [0.717, 1.165) is 12.0 Å². The predicted molar refractivity (Wildman–Crippen MR) is 63.7 cm³/mol. The molecule has 0 saturated heterocycles. The Hall–Kier alpha value is -1.37. The van der Waals surface area contributed by atoms with Gasteiger partial charge in [-0.25, -0.2) is 0 Å². The predicted octanol–water partition coefficient (Wildman–Crippen LogP) is 2.00. The van der Waals surface area contributed by atoms with E-state index in [9.17, 15) is 5.11 Å². The highest BCUT2D eigenvalue weighted by Crippen LogP contribution is 2.14. The first kappa shape index (κ1) is 12.7. The summed E-state index contributed by atoms with van der Waals surface area (Å²) in [4.78, 5) is 0. The van der Waals surface area contributed by atoms with Gasteiger partial charge in [-0.2, -0.15) is 5.26 Å². The number of aliphatic hydroxyl groups is 1. The van der Waals surface area contributed by atoms with Gasteiger partial charge in [0.05, 0.1) is 25.1 Å². The van der Waals surface area contributed by atoms with Crippen molar-refractivity contribution in [1.29, 1.82) is 5.26 Å². The number of aliphatic hydroxyl groups excluding tert-OH is 1. The third kappa shape index (κ3) is 3.65. The van der Waals surface area contributed by atoms with Gasteiger partial charge in [0.25, 0.3) is 0 Å². The Kier molecular flexibility index (Phi) is 5.55. The fourth-order valence-corrected chi connectivity index (χ4v) is 1.66. The van der Waals surface area contributed by atoms with Crippen LogP contribution in [0.3, 0.4) is 0 Å². The van der Waals surface area contributed by atoms with E-state index in [4.69, 9.17) is 5.26 Å². The van der Waals surface area contributed by atoms with E-state index >= 15 is 0 Å². The molecule has 1 aromatic rings. The number of hydrogen-bond donors (Lipinski definition) is 2. The molecule has 2 N–H and O–H groups in total. The summed E-state index contributed by atoms with van der Waals surface area (Å²) in [6, 6.07) is 12.0. The lowest BCUT2D eigenvalue weighted by molar-refractivity contribution is 0.231. The fraction of sp³-hybridized carbons (Fsp3) is 0.462. The van der Waals surface area contributed by atoms with Gasteiger partial charge in [0.1, 0.15) is 0 Å². The molecule has 0 radical (unpaired) electrons. The maximum atomic E-state index is 9.35. The van der Waals surface area contributed by atoms with Crippen molar-refractivity contribution in [1.82, 2.24) is 5.32 Å². The number of benzene rings is 1. The van der Waals surface area contributed by atoms with E-state index in [2.05, 4.69) is 11.4 Å². The van der Waals surface area contributed by atoms with Crippen molar-refractivity contribution in [2.24, 2.45) is 0 Å². The zero-order chi connectivity index (χ0) is 11.8. The van der Waals surface area contributed by atoms with Gasteiger partial charge in [0.15, 0.2) is 0 Å². The molecule has 0 bridgehead atoms. The second kappa shape index (κ2) is 7.00. The van der Waals surface area contributed by atoms with E-state index in [1.54, 1.807) is 0 Å². The van der Waals surface area contributed by atoms with Gasteiger partial charge in [-0.3, -0.25) is 0 Å². The molecule has 0 aliphatic heterocycles. The summed E-state index contributed by atoms with van der Waals surface area (Å²) < 4.78 is 0. The monoisotopic (exact) mass is 218 g/mol. The molecule has 1 aromatic carbocycles. The normalized spacial score (nSPS) is 14.1. The minimum atomic E-state index is -0.0838. The van der Waals surface area contributed by atoms with Crippen LogP contribution in [0.5, 0.6) is 0 Å². The van der Waals surface area contributed by atoms with Crippen molar-refractivity contribution in [2.75, 3.05) is 6.61 Å². The topological polar surface area (TPSA) is 56.0 Å². The second-order valence-corrected chi connectivity index (χ2v) is 3.78. The summed E-state index contributed by atoms with van der Waals surface area (Å²) >= 11 is 0. The minimum Gasteiger partial charge on any atom is -0.394 e. The molecule has 0 aliphatic rings. The maximum absolute atomic E-state index is 9.35. The van der Waals surface area contributed by atoms with Crippen LogP contribution in [0.25, 0.3) is 0 Å². The number of hydrogen-bond acceptors (Lipinski definition) is 3. The van der Waals surface area contributed by atoms with Gasteiger partial charge >= 0.3 is 0 Å². The lowest BCUT2D eigenvalue weighted by Crippen LogP contribution is -2.34. The van der Waals surface area contributed by atoms with Crippen LogP contribution in [-0.2, 0) is 0 Å². The third-order valence-corrected chi connectivity index (χ3v) is 2.65. The van der Waals surface area contributed by atoms with Crippen molar-refractivity contribution >= 4 is 0 Å². The Balaban J connectivity index is 2.65. The van der Waals surface area contributed by atoms with Gasteiger partial charge in [-0.1, -0.05) is 37.3 Å². The van der Waals surface area contributed by atoms with E-state index in [1.807, 2.05) is 37.3 Å². The van der Waals surface area contributed by atoms with Crippen LogP contribution in [0.15, 0.2) is 30.3 Å². The summed E-state index contributed by atoms with van der Waals surface area (Å²) in [7, 11) is 0. The maximum Gasteiger partial charge on any atom is 0.0638 e. The van der Waals surface area contributed by atoms with E-state index in [1.165, 1.54) is 0 Å². The highest BCUT2D eigenvalue weighted by atomic mass is 16.3. The molecule has 0 aromatic heterocycles. The van der Waals surface area contributed by atoms with Crippen LogP contribution < -0.4 is 5.32 Å². The molecule has 86 valence electrons. The molecule has 0 aliphatic carbocycles. The van der Waals surface area contributed by atoms with E-state index in [-0.39, 0.29) is 18.7 Å². The summed E-state index contributed by atoms with van der Waals surface area (Å²) in [5.74, 6) is 0. The fourth-order valence-electron chi connectivity index (χ4n) is 1.66. The van der Waals surface area contributed by atoms with Crippen LogP contribution in [0.1, 0.15) is 31.4 Å². The van der Waals surface area contributed by atoms with Crippen molar-refractivity contribution in [3.8, 4) is 6.07 Å². The smallest absolute Gasteiger partial charge is 0.0638 e. The van der Waals surface area contributed by atoms with Gasteiger partial charge in [-0.05, 0) is 12.0 Å². The zero-order valence-electron chi connectivity index (χ0n) is 9.56. The molecule has 2 atom stereocenters. The van der Waals surface area contributed by atoms with Crippen molar-refractivity contribution in [2.45, 2.75) is 31.8 Å². The first-order valence-electron chi connectivity index (χ1n) is 5.60. The molecule has 16 heavy (non-hydrogen) atoms. The van der Waals surface area contributed by atoms with Gasteiger partial charge in [-0.15, -0.1) is 0 Å². The quantitative estimate of drug-likeness (QED) is 0.768. The van der Waals surface area contributed by atoms with Crippen molar-refractivity contribution in [3.05, 3.63) is 35.9 Å². The van der Waals surface area contributed by atoms with E-state index < -0.39 is 0 Å². The van der Waals surface area contributed by atoms with Crippen LogP contribution >= 0.6 is 0 Å². The number of nitrogens with zero attached hydrogens (tertiary/aromatic N) is 1. The molecule has 3 nitrogen and oxygen atoms in total. The summed E-state index contributed by atoms with van der Waals surface area (Å²) in [6.07, 6.45) is 1.36. The Morgan fingerprint density at radius 2 is 2.06 bits per heavy atom. The number of nitrogens with one attached hydrogen (secondary N) is 1. The standard InChI is InChI=1S/C13H18N2O/c1-2-12(8-9-14)15-13(10-16)11-6-4-3-5-7-11/h3-7,12-13,15-16H,2,8,10H2,1H3. The molecular formula is C13H18N2O. The lowest BCUT2D eigenvalue weighted by Gasteiger charge is -2.22.